The van der Waals surface area contributed by atoms with E-state index in [9.17, 15) is 4.79 Å². The van der Waals surface area contributed by atoms with Gasteiger partial charge in [-0.2, -0.15) is 5.10 Å². The number of hydrogen-bond acceptors (Lipinski definition) is 4. The molecule has 0 radical (unpaired) electrons. The van der Waals surface area contributed by atoms with Gasteiger partial charge < -0.3 is 9.73 Å². The molecule has 2 fully saturated rings. The molecule has 2 aliphatic carbocycles. The van der Waals surface area contributed by atoms with Crippen molar-refractivity contribution in [3.63, 3.8) is 0 Å². The number of aromatic nitrogens is 2. The van der Waals surface area contributed by atoms with Gasteiger partial charge in [-0.05, 0) is 44.2 Å². The maximum atomic E-state index is 12.4. The lowest BCUT2D eigenvalue weighted by Crippen LogP contribution is -2.34. The third-order valence-electron chi connectivity index (χ3n) is 5.20. The van der Waals surface area contributed by atoms with E-state index < -0.39 is 0 Å². The first kappa shape index (κ1) is 16.4. The monoisotopic (exact) mass is 342 g/mol. The van der Waals surface area contributed by atoms with Crippen molar-refractivity contribution in [3.05, 3.63) is 35.4 Å². The molecule has 2 saturated carbocycles. The van der Waals surface area contributed by atoms with Gasteiger partial charge in [0, 0.05) is 25.1 Å². The highest BCUT2D eigenvalue weighted by Crippen LogP contribution is 2.47. The summed E-state index contributed by atoms with van der Waals surface area (Å²) in [4.78, 5) is 14.7. The van der Waals surface area contributed by atoms with Crippen LogP contribution in [0.1, 0.15) is 49.3 Å². The molecule has 0 bridgehead atoms. The average Bonchev–Trinajstić information content (AvgIpc) is 3.44. The predicted molar refractivity (Wildman–Crippen MR) is 95.2 cm³/mol. The van der Waals surface area contributed by atoms with Gasteiger partial charge in [0.15, 0.2) is 0 Å². The Morgan fingerprint density at radius 1 is 1.44 bits per heavy atom. The van der Waals surface area contributed by atoms with Crippen LogP contribution in [0.5, 0.6) is 0 Å². The van der Waals surface area contributed by atoms with Gasteiger partial charge in [-0.3, -0.25) is 14.4 Å². The molecule has 4 rings (SSSR count). The van der Waals surface area contributed by atoms with E-state index in [1.807, 2.05) is 20.0 Å². The molecule has 0 spiro atoms. The van der Waals surface area contributed by atoms with E-state index in [2.05, 4.69) is 34.4 Å². The summed E-state index contributed by atoms with van der Waals surface area (Å²) in [7, 11) is 1.84. The molecule has 2 aromatic heterocycles. The first-order valence-corrected chi connectivity index (χ1v) is 9.12. The molecule has 1 amide bonds. The Morgan fingerprint density at radius 3 is 2.80 bits per heavy atom. The van der Waals surface area contributed by atoms with E-state index in [0.717, 1.165) is 41.8 Å². The Kier molecular flexibility index (Phi) is 4.15. The molecular weight excluding hydrogens is 316 g/mol. The SMILES string of the molecule is Cc1cc(NC(=O)CN(Cc2ccc([C@H]3C[C@H]3C)o2)C2CC2)n(C)n1. The van der Waals surface area contributed by atoms with Crippen LogP contribution in [-0.4, -0.2) is 33.2 Å². The first-order valence-electron chi connectivity index (χ1n) is 9.12. The minimum Gasteiger partial charge on any atom is -0.464 e. The second-order valence-electron chi connectivity index (χ2n) is 7.60. The summed E-state index contributed by atoms with van der Waals surface area (Å²) in [6.07, 6.45) is 3.54. The fourth-order valence-electron chi connectivity index (χ4n) is 3.45. The molecule has 0 unspecified atom stereocenters. The number of furan rings is 1. The fourth-order valence-corrected chi connectivity index (χ4v) is 3.45. The van der Waals surface area contributed by atoms with Gasteiger partial charge in [0.2, 0.25) is 5.91 Å². The Labute approximate surface area is 148 Å². The average molecular weight is 342 g/mol. The standard InChI is InChI=1S/C19H26N4O2/c1-12-8-16(12)17-7-6-15(25-17)10-23(14-4-5-14)11-19(24)20-18-9-13(2)21-22(18)3/h6-7,9,12,14,16H,4-5,8,10-11H2,1-3H3,(H,20,24)/t12-,16+/m1/s1. The topological polar surface area (TPSA) is 63.3 Å². The van der Waals surface area contributed by atoms with Crippen LogP contribution in [0, 0.1) is 12.8 Å². The first-order chi connectivity index (χ1) is 12.0. The molecule has 0 aromatic carbocycles. The third-order valence-corrected chi connectivity index (χ3v) is 5.20. The Hall–Kier alpha value is -2.08. The van der Waals surface area contributed by atoms with Crippen molar-refractivity contribution in [2.45, 2.75) is 51.6 Å². The quantitative estimate of drug-likeness (QED) is 0.840. The number of rotatable bonds is 7. The minimum absolute atomic E-state index is 0.00232. The van der Waals surface area contributed by atoms with E-state index in [0.29, 0.717) is 25.0 Å². The zero-order valence-corrected chi connectivity index (χ0v) is 15.2. The van der Waals surface area contributed by atoms with Crippen molar-refractivity contribution in [1.82, 2.24) is 14.7 Å². The highest BCUT2D eigenvalue weighted by atomic mass is 16.3. The second kappa shape index (κ2) is 6.33. The van der Waals surface area contributed by atoms with Crippen LogP contribution in [0.4, 0.5) is 5.82 Å². The maximum Gasteiger partial charge on any atom is 0.239 e. The van der Waals surface area contributed by atoms with Crippen LogP contribution >= 0.6 is 0 Å². The van der Waals surface area contributed by atoms with Crippen LogP contribution in [0.15, 0.2) is 22.6 Å². The highest BCUT2D eigenvalue weighted by molar-refractivity contribution is 5.91. The van der Waals surface area contributed by atoms with Crippen molar-refractivity contribution >= 4 is 11.7 Å². The van der Waals surface area contributed by atoms with Crippen molar-refractivity contribution < 1.29 is 9.21 Å². The summed E-state index contributed by atoms with van der Waals surface area (Å²) >= 11 is 0. The van der Waals surface area contributed by atoms with Crippen LogP contribution in [0.3, 0.4) is 0 Å². The molecule has 6 heteroatoms. The molecule has 1 N–H and O–H groups in total. The van der Waals surface area contributed by atoms with E-state index in [1.54, 1.807) is 4.68 Å². The van der Waals surface area contributed by atoms with Crippen molar-refractivity contribution in [1.29, 1.82) is 0 Å². The molecule has 2 aromatic rings. The summed E-state index contributed by atoms with van der Waals surface area (Å²) < 4.78 is 7.72. The zero-order chi connectivity index (χ0) is 17.6. The summed E-state index contributed by atoms with van der Waals surface area (Å²) in [6, 6.07) is 6.55. The number of nitrogens with one attached hydrogen (secondary N) is 1. The highest BCUT2D eigenvalue weighted by Gasteiger charge is 2.37. The summed E-state index contributed by atoms with van der Waals surface area (Å²) in [5.41, 5.74) is 0.897. The van der Waals surface area contributed by atoms with Crippen LogP contribution in [0.2, 0.25) is 0 Å². The van der Waals surface area contributed by atoms with Gasteiger partial charge >= 0.3 is 0 Å². The van der Waals surface area contributed by atoms with E-state index in [1.165, 1.54) is 6.42 Å². The molecule has 2 atom stereocenters. The Balaban J connectivity index is 1.37. The lowest BCUT2D eigenvalue weighted by Gasteiger charge is -2.20. The largest absolute Gasteiger partial charge is 0.464 e. The maximum absolute atomic E-state index is 12.4. The van der Waals surface area contributed by atoms with Gasteiger partial charge in [0.1, 0.15) is 17.3 Å². The Morgan fingerprint density at radius 2 is 2.20 bits per heavy atom. The lowest BCUT2D eigenvalue weighted by atomic mass is 10.3. The number of carbonyl (C=O) groups excluding carboxylic acids is 1. The van der Waals surface area contributed by atoms with Gasteiger partial charge in [0.25, 0.3) is 0 Å². The van der Waals surface area contributed by atoms with Crippen molar-refractivity contribution in [2.24, 2.45) is 13.0 Å². The molecular formula is C19H26N4O2. The molecule has 134 valence electrons. The number of hydrogen-bond donors (Lipinski definition) is 1. The van der Waals surface area contributed by atoms with E-state index in [4.69, 9.17) is 4.42 Å². The molecule has 0 saturated heterocycles. The summed E-state index contributed by atoms with van der Waals surface area (Å²) in [6.45, 7) is 5.25. The third kappa shape index (κ3) is 3.79. The Bertz CT molecular complexity index is 774. The van der Waals surface area contributed by atoms with Crippen LogP contribution < -0.4 is 5.32 Å². The molecule has 2 heterocycles. The van der Waals surface area contributed by atoms with Crippen LogP contribution in [-0.2, 0) is 18.4 Å². The number of anilines is 1. The summed E-state index contributed by atoms with van der Waals surface area (Å²) in [5, 5.41) is 7.22. The van der Waals surface area contributed by atoms with Gasteiger partial charge in [-0.1, -0.05) is 6.92 Å². The van der Waals surface area contributed by atoms with Crippen molar-refractivity contribution in [3.8, 4) is 0 Å². The van der Waals surface area contributed by atoms with Crippen molar-refractivity contribution in [2.75, 3.05) is 11.9 Å². The van der Waals surface area contributed by atoms with E-state index in [-0.39, 0.29) is 5.91 Å². The minimum atomic E-state index is -0.00232. The van der Waals surface area contributed by atoms with Gasteiger partial charge in [-0.15, -0.1) is 0 Å². The second-order valence-corrected chi connectivity index (χ2v) is 7.60. The van der Waals surface area contributed by atoms with Crippen LogP contribution in [0.25, 0.3) is 0 Å². The summed E-state index contributed by atoms with van der Waals surface area (Å²) in [5.74, 6) is 4.14. The van der Waals surface area contributed by atoms with E-state index >= 15 is 0 Å². The van der Waals surface area contributed by atoms with Gasteiger partial charge in [-0.25, -0.2) is 0 Å². The van der Waals surface area contributed by atoms with Gasteiger partial charge in [0.05, 0.1) is 18.8 Å². The smallest absolute Gasteiger partial charge is 0.239 e. The molecule has 2 aliphatic rings. The lowest BCUT2D eigenvalue weighted by molar-refractivity contribution is -0.117. The predicted octanol–water partition coefficient (Wildman–Crippen LogP) is 3.05. The number of amides is 1. The number of aryl methyl sites for hydroxylation is 2. The number of nitrogens with zero attached hydrogens (tertiary/aromatic N) is 3. The normalized spacial score (nSPS) is 22.4. The number of carbonyl (C=O) groups is 1. The fraction of sp³-hybridized carbons (Fsp3) is 0.579. The zero-order valence-electron chi connectivity index (χ0n) is 15.2. The molecule has 0 aliphatic heterocycles. The molecule has 25 heavy (non-hydrogen) atoms. The molecule has 6 nitrogen and oxygen atoms in total.